The smallest absolute Gasteiger partial charge is 0.420 e. The molecule has 0 bridgehead atoms. The summed E-state index contributed by atoms with van der Waals surface area (Å²) in [7, 11) is -3.97. The summed E-state index contributed by atoms with van der Waals surface area (Å²) in [6, 6.07) is 5.41. The lowest BCUT2D eigenvalue weighted by molar-refractivity contribution is -0.138. The number of rotatable bonds is 5. The number of nitrogens with zero attached hydrogens (tertiary/aromatic N) is 1. The van der Waals surface area contributed by atoms with Crippen LogP contribution in [-0.4, -0.2) is 34.0 Å². The molecular weight excluding hydrogens is 467 g/mol. The first kappa shape index (κ1) is 24.1. The number of anilines is 2. The van der Waals surface area contributed by atoms with Crippen molar-refractivity contribution in [2.24, 2.45) is 5.92 Å². The quantitative estimate of drug-likeness (QED) is 0.507. The van der Waals surface area contributed by atoms with Crippen molar-refractivity contribution in [3.63, 3.8) is 0 Å². The first-order valence-electron chi connectivity index (χ1n) is 9.34. The van der Waals surface area contributed by atoms with Crippen LogP contribution in [0.3, 0.4) is 0 Å². The van der Waals surface area contributed by atoms with Crippen LogP contribution in [0.25, 0.3) is 0 Å². The summed E-state index contributed by atoms with van der Waals surface area (Å²) < 4.78 is 125. The third-order valence-electron chi connectivity index (χ3n) is 5.16. The highest BCUT2D eigenvalue weighted by molar-refractivity contribution is 7.92. The van der Waals surface area contributed by atoms with Gasteiger partial charge in [-0.25, -0.2) is 26.0 Å². The van der Waals surface area contributed by atoms with Gasteiger partial charge in [-0.05, 0) is 36.8 Å². The highest BCUT2D eigenvalue weighted by atomic mass is 32.2. The Labute approximate surface area is 179 Å². The summed E-state index contributed by atoms with van der Waals surface area (Å²) in [5.74, 6) is -2.98. The maximum Gasteiger partial charge on any atom is 0.420 e. The van der Waals surface area contributed by atoms with E-state index in [0.717, 1.165) is 24.1 Å². The van der Waals surface area contributed by atoms with Gasteiger partial charge in [-0.3, -0.25) is 0 Å². The molecule has 0 aliphatic carbocycles. The summed E-state index contributed by atoms with van der Waals surface area (Å²) in [4.78, 5) is 0.287. The van der Waals surface area contributed by atoms with Gasteiger partial charge in [0.2, 0.25) is 21.8 Å². The van der Waals surface area contributed by atoms with E-state index in [-0.39, 0.29) is 5.69 Å². The maximum absolute atomic E-state index is 15.2. The molecule has 32 heavy (non-hydrogen) atoms. The molecule has 4 nitrogen and oxygen atoms in total. The van der Waals surface area contributed by atoms with E-state index >= 15 is 4.39 Å². The number of ether oxygens (including phenoxy) is 1. The van der Waals surface area contributed by atoms with E-state index in [9.17, 15) is 34.8 Å². The molecule has 0 radical (unpaired) electrons. The van der Waals surface area contributed by atoms with E-state index in [0.29, 0.717) is 12.1 Å². The molecule has 0 aromatic heterocycles. The second-order valence-corrected chi connectivity index (χ2v) is 9.21. The van der Waals surface area contributed by atoms with Crippen LogP contribution in [0.1, 0.15) is 18.4 Å². The summed E-state index contributed by atoms with van der Waals surface area (Å²) in [5, 5.41) is 0. The molecule has 0 saturated heterocycles. The van der Waals surface area contributed by atoms with Gasteiger partial charge >= 0.3 is 6.18 Å². The second kappa shape index (κ2) is 8.80. The fourth-order valence-electron chi connectivity index (χ4n) is 3.60. The third kappa shape index (κ3) is 4.64. The minimum atomic E-state index is -4.94. The van der Waals surface area contributed by atoms with Gasteiger partial charge in [-0.2, -0.15) is 13.2 Å². The number of methoxy groups -OCH3 is 1. The van der Waals surface area contributed by atoms with E-state index < -0.39 is 81.0 Å². The average Bonchev–Trinajstić information content (AvgIpc) is 2.79. The third-order valence-corrected chi connectivity index (χ3v) is 7.08. The molecule has 2 unspecified atom stereocenters. The Kier molecular flexibility index (Phi) is 6.64. The Hall–Kier alpha value is -2.50. The Morgan fingerprint density at radius 1 is 1.16 bits per heavy atom. The van der Waals surface area contributed by atoms with Gasteiger partial charge in [-0.15, -0.1) is 0 Å². The van der Waals surface area contributed by atoms with Crippen LogP contribution in [0, 0.1) is 11.7 Å². The van der Waals surface area contributed by atoms with Gasteiger partial charge in [0, 0.05) is 30.6 Å². The first-order chi connectivity index (χ1) is 14.9. The molecule has 2 atom stereocenters. The molecule has 2 aromatic rings. The van der Waals surface area contributed by atoms with Gasteiger partial charge in [0.15, 0.2) is 0 Å². The van der Waals surface area contributed by atoms with Crippen molar-refractivity contribution < 1.29 is 43.9 Å². The molecule has 0 fully saturated rings. The van der Waals surface area contributed by atoms with Crippen LogP contribution in [-0.2, 0) is 16.0 Å². The lowest BCUT2D eigenvalue weighted by atomic mass is 10.0. The number of alkyl halides is 6. The molecule has 3 rings (SSSR count). The van der Waals surface area contributed by atoms with Crippen molar-refractivity contribution in [3.05, 3.63) is 47.8 Å². The minimum absolute atomic E-state index is 0.0669. The number of fused-ring (bicyclic) bond motifs is 1. The molecule has 1 aliphatic rings. The minimum Gasteiger partial charge on any atom is -0.496 e. The number of benzene rings is 2. The Morgan fingerprint density at radius 2 is 1.78 bits per heavy atom. The highest BCUT2D eigenvalue weighted by Gasteiger charge is 2.44. The first-order valence-corrected chi connectivity index (χ1v) is 10.9. The Morgan fingerprint density at radius 3 is 2.31 bits per heavy atom. The second-order valence-electron chi connectivity index (χ2n) is 7.23. The van der Waals surface area contributed by atoms with Gasteiger partial charge in [-0.1, -0.05) is 0 Å². The summed E-state index contributed by atoms with van der Waals surface area (Å²) >= 11 is 0. The largest absolute Gasteiger partial charge is 0.496 e. The van der Waals surface area contributed by atoms with Crippen LogP contribution in [0.15, 0.2) is 41.3 Å². The van der Waals surface area contributed by atoms with Crippen LogP contribution >= 0.6 is 0 Å². The zero-order chi connectivity index (χ0) is 23.8. The Bertz CT molecular complexity index is 1070. The van der Waals surface area contributed by atoms with Gasteiger partial charge in [0.25, 0.3) is 0 Å². The summed E-state index contributed by atoms with van der Waals surface area (Å²) in [6.45, 7) is -0.518. The lowest BCUT2D eigenvalue weighted by Crippen LogP contribution is -2.31. The van der Waals surface area contributed by atoms with Crippen molar-refractivity contribution in [2.75, 3.05) is 18.6 Å². The zero-order valence-corrected chi connectivity index (χ0v) is 17.4. The average molecular weight is 485 g/mol. The van der Waals surface area contributed by atoms with Crippen LogP contribution in [0.4, 0.5) is 42.1 Å². The standard InChI is InChI=1S/C20H18F7NO3S/c1-31-16-9-17-15(8-14(16)20(25,26)27)28(13-5-3-12(21)4-6-13)10-11(2-7-18(22)23)19(24)32(17,29)30/h3-6,8-9,11,18-19H,2,7,10H2,1H3. The normalized spacial score (nSPS) is 20.7. The molecule has 0 N–H and O–H groups in total. The lowest BCUT2D eigenvalue weighted by Gasteiger charge is -2.28. The van der Waals surface area contributed by atoms with Crippen LogP contribution < -0.4 is 9.64 Å². The Balaban J connectivity index is 2.28. The number of hydrogen-bond acceptors (Lipinski definition) is 4. The summed E-state index contributed by atoms with van der Waals surface area (Å²) in [5.41, 5.74) is -4.39. The molecule has 1 aliphatic heterocycles. The monoisotopic (exact) mass is 485 g/mol. The van der Waals surface area contributed by atoms with Crippen molar-refractivity contribution in [3.8, 4) is 5.75 Å². The predicted molar refractivity (Wildman–Crippen MR) is 102 cm³/mol. The van der Waals surface area contributed by atoms with Crippen LogP contribution in [0.5, 0.6) is 5.75 Å². The molecule has 2 aromatic carbocycles. The van der Waals surface area contributed by atoms with Crippen LogP contribution in [0.2, 0.25) is 0 Å². The molecule has 12 heteroatoms. The van der Waals surface area contributed by atoms with Gasteiger partial charge in [0.1, 0.15) is 11.6 Å². The van der Waals surface area contributed by atoms with Gasteiger partial charge < -0.3 is 9.64 Å². The van der Waals surface area contributed by atoms with E-state index in [1.54, 1.807) is 0 Å². The van der Waals surface area contributed by atoms with Crippen molar-refractivity contribution >= 4 is 21.2 Å². The topological polar surface area (TPSA) is 46.6 Å². The molecule has 0 amide bonds. The fourth-order valence-corrected chi connectivity index (χ4v) is 5.30. The van der Waals surface area contributed by atoms with E-state index in [2.05, 4.69) is 0 Å². The van der Waals surface area contributed by atoms with E-state index in [1.807, 2.05) is 0 Å². The van der Waals surface area contributed by atoms with Crippen molar-refractivity contribution in [2.45, 2.75) is 35.8 Å². The number of sulfone groups is 1. The molecule has 0 spiro atoms. The maximum atomic E-state index is 15.2. The molecular formula is C20H18F7NO3S. The number of hydrogen-bond donors (Lipinski definition) is 0. The van der Waals surface area contributed by atoms with E-state index in [4.69, 9.17) is 4.74 Å². The zero-order valence-electron chi connectivity index (χ0n) is 16.5. The summed E-state index contributed by atoms with van der Waals surface area (Å²) in [6.07, 6.45) is -9.10. The van der Waals surface area contributed by atoms with Crippen molar-refractivity contribution in [1.82, 2.24) is 0 Å². The molecule has 1 heterocycles. The predicted octanol–water partition coefficient (Wildman–Crippen LogP) is 5.74. The SMILES string of the molecule is COc1cc2c(cc1C(F)(F)F)N(c1ccc(F)cc1)CC(CCC(F)F)C(F)S2(=O)=O. The van der Waals surface area contributed by atoms with Crippen molar-refractivity contribution in [1.29, 1.82) is 0 Å². The van der Waals surface area contributed by atoms with Gasteiger partial charge in [0.05, 0.1) is 23.3 Å². The molecule has 0 saturated carbocycles. The number of halogens is 7. The van der Waals surface area contributed by atoms with E-state index in [1.165, 1.54) is 12.1 Å². The fraction of sp³-hybridized carbons (Fsp3) is 0.400. The molecule has 176 valence electrons. The highest BCUT2D eigenvalue weighted by Crippen LogP contribution is 2.47.